The average molecular weight is 251 g/mol. The molecule has 0 spiro atoms. The van der Waals surface area contributed by atoms with E-state index in [-0.39, 0.29) is 11.6 Å². The molecule has 0 saturated carbocycles. The largest absolute Gasteiger partial charge is 0.299 e. The number of aryl methyl sites for hydroxylation is 2. The van der Waals surface area contributed by atoms with Crippen LogP contribution >= 0.6 is 11.6 Å². The summed E-state index contributed by atoms with van der Waals surface area (Å²) in [6, 6.07) is 7.40. The van der Waals surface area contributed by atoms with Gasteiger partial charge in [-0.1, -0.05) is 23.7 Å². The maximum Gasteiger partial charge on any atom is 0.267 e. The van der Waals surface area contributed by atoms with Crippen LogP contribution in [0.5, 0.6) is 0 Å². The number of nitrogens with zero attached hydrogens (tertiary/aromatic N) is 1. The van der Waals surface area contributed by atoms with Crippen molar-refractivity contribution in [3.63, 3.8) is 0 Å². The zero-order chi connectivity index (χ0) is 12.6. The molecule has 1 N–H and O–H groups in total. The maximum atomic E-state index is 11.7. The highest BCUT2D eigenvalue weighted by molar-refractivity contribution is 6.31. The van der Waals surface area contributed by atoms with Crippen LogP contribution in [0.1, 0.15) is 29.8 Å². The summed E-state index contributed by atoms with van der Waals surface area (Å²) in [6.07, 6.45) is 0. The van der Waals surface area contributed by atoms with E-state index in [2.05, 4.69) is 5.10 Å². The third kappa shape index (κ3) is 2.29. The zero-order valence-corrected chi connectivity index (χ0v) is 10.9. The highest BCUT2D eigenvalue weighted by atomic mass is 35.5. The first-order valence-electron chi connectivity index (χ1n) is 5.53. The van der Waals surface area contributed by atoms with E-state index in [0.717, 1.165) is 21.8 Å². The molecule has 17 heavy (non-hydrogen) atoms. The Bertz CT molecular complexity index is 598. The van der Waals surface area contributed by atoms with E-state index in [0.29, 0.717) is 0 Å². The lowest BCUT2D eigenvalue weighted by molar-refractivity contribution is 0.544. The molecule has 2 rings (SSSR count). The van der Waals surface area contributed by atoms with Crippen molar-refractivity contribution in [1.29, 1.82) is 0 Å². The van der Waals surface area contributed by atoms with Crippen LogP contribution in [0.15, 0.2) is 29.1 Å². The van der Waals surface area contributed by atoms with Gasteiger partial charge in [-0.2, -0.15) is 0 Å². The van der Waals surface area contributed by atoms with Gasteiger partial charge in [0.25, 0.3) is 5.56 Å². The van der Waals surface area contributed by atoms with E-state index in [1.54, 1.807) is 10.7 Å². The average Bonchev–Trinajstić information content (AvgIpc) is 2.61. The molecule has 1 atom stereocenters. The van der Waals surface area contributed by atoms with Gasteiger partial charge in [0.15, 0.2) is 0 Å². The zero-order valence-electron chi connectivity index (χ0n) is 10.1. The first-order valence-corrected chi connectivity index (χ1v) is 5.91. The minimum absolute atomic E-state index is 0.0115. The number of aromatic nitrogens is 2. The predicted octanol–water partition coefficient (Wildman–Crippen LogP) is 3.06. The standard InChI is InChI=1S/C13H15ClN2O/c1-8-6-11(4-5-12(8)14)10(3)16-13(17)7-9(2)15-16/h4-7,10,15H,1-3H3. The smallest absolute Gasteiger partial charge is 0.267 e. The van der Waals surface area contributed by atoms with Crippen molar-refractivity contribution >= 4 is 11.6 Å². The quantitative estimate of drug-likeness (QED) is 0.874. The Labute approximate surface area is 105 Å². The Morgan fingerprint density at radius 2 is 2.00 bits per heavy atom. The van der Waals surface area contributed by atoms with Crippen molar-refractivity contribution in [3.8, 4) is 0 Å². The Balaban J connectivity index is 2.43. The highest BCUT2D eigenvalue weighted by Gasteiger charge is 2.11. The van der Waals surface area contributed by atoms with E-state index in [1.807, 2.05) is 39.0 Å². The first-order chi connectivity index (χ1) is 7.99. The summed E-state index contributed by atoms with van der Waals surface area (Å²) in [5.41, 5.74) is 2.94. The highest BCUT2D eigenvalue weighted by Crippen LogP contribution is 2.22. The van der Waals surface area contributed by atoms with Crippen LogP contribution in [0.3, 0.4) is 0 Å². The minimum Gasteiger partial charge on any atom is -0.299 e. The molecule has 0 saturated heterocycles. The molecule has 1 unspecified atom stereocenters. The van der Waals surface area contributed by atoms with Gasteiger partial charge in [0, 0.05) is 16.8 Å². The van der Waals surface area contributed by atoms with Gasteiger partial charge in [0.1, 0.15) is 0 Å². The van der Waals surface area contributed by atoms with Crippen molar-refractivity contribution in [3.05, 3.63) is 56.5 Å². The van der Waals surface area contributed by atoms with E-state index >= 15 is 0 Å². The summed E-state index contributed by atoms with van der Waals surface area (Å²) in [5.74, 6) is 0. The molecule has 1 heterocycles. The molecule has 2 aromatic rings. The molecule has 4 heteroatoms. The van der Waals surface area contributed by atoms with Crippen LogP contribution in [0, 0.1) is 13.8 Å². The van der Waals surface area contributed by atoms with Crippen LogP contribution in [-0.4, -0.2) is 9.78 Å². The number of hydrogen-bond acceptors (Lipinski definition) is 1. The lowest BCUT2D eigenvalue weighted by atomic mass is 10.1. The molecular formula is C13H15ClN2O. The SMILES string of the molecule is Cc1cc(=O)n(C(C)c2ccc(Cl)c(C)c2)[nH]1. The van der Waals surface area contributed by atoms with Crippen LogP contribution in [-0.2, 0) is 0 Å². The van der Waals surface area contributed by atoms with E-state index in [9.17, 15) is 4.79 Å². The van der Waals surface area contributed by atoms with Crippen molar-refractivity contribution in [1.82, 2.24) is 9.78 Å². The molecule has 1 aromatic heterocycles. The predicted molar refractivity (Wildman–Crippen MR) is 69.8 cm³/mol. The summed E-state index contributed by atoms with van der Waals surface area (Å²) >= 11 is 5.99. The molecule has 3 nitrogen and oxygen atoms in total. The van der Waals surface area contributed by atoms with Crippen LogP contribution in [0.2, 0.25) is 5.02 Å². The van der Waals surface area contributed by atoms with Gasteiger partial charge >= 0.3 is 0 Å². The van der Waals surface area contributed by atoms with Crippen LogP contribution in [0.25, 0.3) is 0 Å². The molecule has 90 valence electrons. The second-order valence-electron chi connectivity index (χ2n) is 4.33. The molecule has 0 amide bonds. The Hall–Kier alpha value is -1.48. The van der Waals surface area contributed by atoms with Gasteiger partial charge < -0.3 is 0 Å². The summed E-state index contributed by atoms with van der Waals surface area (Å²) < 4.78 is 1.62. The third-order valence-corrected chi connectivity index (χ3v) is 3.35. The van der Waals surface area contributed by atoms with Crippen LogP contribution < -0.4 is 5.56 Å². The fourth-order valence-electron chi connectivity index (χ4n) is 1.90. The molecule has 0 aliphatic carbocycles. The normalized spacial score (nSPS) is 12.7. The molecular weight excluding hydrogens is 236 g/mol. The third-order valence-electron chi connectivity index (χ3n) is 2.93. The summed E-state index contributed by atoms with van der Waals surface area (Å²) in [6.45, 7) is 5.82. The maximum absolute atomic E-state index is 11.7. The summed E-state index contributed by atoms with van der Waals surface area (Å²) in [7, 11) is 0. The number of nitrogens with one attached hydrogen (secondary N) is 1. The minimum atomic E-state index is -0.0211. The topological polar surface area (TPSA) is 37.8 Å². The number of hydrogen-bond donors (Lipinski definition) is 1. The molecule has 0 aliphatic heterocycles. The fourth-order valence-corrected chi connectivity index (χ4v) is 2.01. The van der Waals surface area contributed by atoms with Crippen molar-refractivity contribution < 1.29 is 0 Å². The number of benzene rings is 1. The van der Waals surface area contributed by atoms with E-state index in [4.69, 9.17) is 11.6 Å². The van der Waals surface area contributed by atoms with Crippen LogP contribution in [0.4, 0.5) is 0 Å². The van der Waals surface area contributed by atoms with Gasteiger partial charge in [-0.3, -0.25) is 9.89 Å². The summed E-state index contributed by atoms with van der Waals surface area (Å²) in [4.78, 5) is 11.7. The van der Waals surface area contributed by atoms with Gasteiger partial charge in [-0.25, -0.2) is 4.68 Å². The van der Waals surface area contributed by atoms with Crippen molar-refractivity contribution in [2.24, 2.45) is 0 Å². The summed E-state index contributed by atoms with van der Waals surface area (Å²) in [5, 5.41) is 3.79. The van der Waals surface area contributed by atoms with Gasteiger partial charge in [0.2, 0.25) is 0 Å². The molecule has 0 bridgehead atoms. The second-order valence-corrected chi connectivity index (χ2v) is 4.74. The lowest BCUT2D eigenvalue weighted by Crippen LogP contribution is -2.20. The van der Waals surface area contributed by atoms with E-state index in [1.165, 1.54) is 0 Å². The Kier molecular flexibility index (Phi) is 3.11. The molecule has 1 aromatic carbocycles. The van der Waals surface area contributed by atoms with E-state index < -0.39 is 0 Å². The number of H-pyrrole nitrogens is 1. The molecule has 0 radical (unpaired) electrons. The fraction of sp³-hybridized carbons (Fsp3) is 0.308. The Morgan fingerprint density at radius 3 is 2.53 bits per heavy atom. The molecule has 0 fully saturated rings. The van der Waals surface area contributed by atoms with Crippen molar-refractivity contribution in [2.75, 3.05) is 0 Å². The second kappa shape index (κ2) is 4.41. The first kappa shape index (κ1) is 12.0. The Morgan fingerprint density at radius 1 is 1.29 bits per heavy atom. The van der Waals surface area contributed by atoms with Crippen molar-refractivity contribution in [2.45, 2.75) is 26.8 Å². The lowest BCUT2D eigenvalue weighted by Gasteiger charge is -2.14. The number of rotatable bonds is 2. The number of aromatic amines is 1. The van der Waals surface area contributed by atoms with Gasteiger partial charge in [0.05, 0.1) is 6.04 Å². The van der Waals surface area contributed by atoms with Gasteiger partial charge in [-0.05, 0) is 38.0 Å². The molecule has 0 aliphatic rings. The monoisotopic (exact) mass is 250 g/mol. The van der Waals surface area contributed by atoms with Gasteiger partial charge in [-0.15, -0.1) is 0 Å². The number of halogens is 1.